The van der Waals surface area contributed by atoms with Crippen molar-refractivity contribution in [1.82, 2.24) is 0 Å². The largest absolute Gasteiger partial charge is 0.354 e. The maximum absolute atomic E-state index is 12.4. The molecule has 0 unspecified atom stereocenters. The van der Waals surface area contributed by atoms with Crippen LogP contribution in [0.5, 0.6) is 0 Å². The van der Waals surface area contributed by atoms with Crippen molar-refractivity contribution in [1.29, 1.82) is 0 Å². The van der Waals surface area contributed by atoms with E-state index in [1.807, 2.05) is 20.8 Å². The van der Waals surface area contributed by atoms with Gasteiger partial charge in [0.05, 0.1) is 13.2 Å². The van der Waals surface area contributed by atoms with Gasteiger partial charge in [-0.3, -0.25) is 9.56 Å². The second kappa shape index (κ2) is 5.78. The Morgan fingerprint density at radius 2 is 2.00 bits per heavy atom. The van der Waals surface area contributed by atoms with E-state index in [9.17, 15) is 4.57 Å². The molecule has 0 radical (unpaired) electrons. The maximum atomic E-state index is 12.4. The minimum atomic E-state index is -3.02. The van der Waals surface area contributed by atoms with Gasteiger partial charge in [0.25, 0.3) is 0 Å². The lowest BCUT2D eigenvalue weighted by molar-refractivity contribution is 0.210. The van der Waals surface area contributed by atoms with Crippen LogP contribution in [-0.4, -0.2) is 24.7 Å². The molecular formula is C10H20NO3P. The van der Waals surface area contributed by atoms with Crippen LogP contribution in [0.4, 0.5) is 0 Å². The van der Waals surface area contributed by atoms with E-state index < -0.39 is 7.60 Å². The van der Waals surface area contributed by atoms with Crippen molar-refractivity contribution in [2.75, 3.05) is 13.2 Å². The Morgan fingerprint density at radius 3 is 2.47 bits per heavy atom. The second-order valence-corrected chi connectivity index (χ2v) is 5.80. The number of nitrogens with zero attached hydrogens (tertiary/aromatic N) is 1. The Morgan fingerprint density at radius 1 is 1.40 bits per heavy atom. The van der Waals surface area contributed by atoms with Crippen molar-refractivity contribution < 1.29 is 13.6 Å². The van der Waals surface area contributed by atoms with Gasteiger partial charge in [0.2, 0.25) is 0 Å². The fourth-order valence-electron chi connectivity index (χ4n) is 1.72. The Hall–Kier alpha value is -0.180. The van der Waals surface area contributed by atoms with Gasteiger partial charge in [0, 0.05) is 5.71 Å². The molecule has 0 aromatic rings. The summed E-state index contributed by atoms with van der Waals surface area (Å²) >= 11 is 0. The van der Waals surface area contributed by atoms with Crippen molar-refractivity contribution in [3.63, 3.8) is 0 Å². The predicted molar refractivity (Wildman–Crippen MR) is 61.6 cm³/mol. The van der Waals surface area contributed by atoms with Gasteiger partial charge >= 0.3 is 7.60 Å². The quantitative estimate of drug-likeness (QED) is 0.685. The van der Waals surface area contributed by atoms with Crippen molar-refractivity contribution in [2.24, 2.45) is 4.99 Å². The molecule has 0 aromatic carbocycles. The standard InChI is InChI=1S/C10H20NO3P/c1-4-13-15(12,14-5-2)10-8-6-7-9(3)11-10/h10H,4-8H2,1-3H3/t10-/m1/s1. The molecule has 0 amide bonds. The number of rotatable bonds is 5. The van der Waals surface area contributed by atoms with Crippen LogP contribution in [-0.2, 0) is 13.6 Å². The van der Waals surface area contributed by atoms with Gasteiger partial charge in [-0.05, 0) is 40.0 Å². The lowest BCUT2D eigenvalue weighted by atomic mass is 10.1. The number of hydrogen-bond acceptors (Lipinski definition) is 4. The lowest BCUT2D eigenvalue weighted by Gasteiger charge is -2.26. The van der Waals surface area contributed by atoms with Crippen molar-refractivity contribution in [2.45, 2.75) is 45.8 Å². The molecule has 1 heterocycles. The fraction of sp³-hybridized carbons (Fsp3) is 0.900. The normalized spacial score (nSPS) is 22.6. The molecular weight excluding hydrogens is 213 g/mol. The highest BCUT2D eigenvalue weighted by molar-refractivity contribution is 7.54. The zero-order chi connectivity index (χ0) is 11.3. The minimum Gasteiger partial charge on any atom is -0.307 e. The first-order valence-electron chi connectivity index (χ1n) is 5.54. The summed E-state index contributed by atoms with van der Waals surface area (Å²) in [6, 6.07) is 0. The molecule has 0 spiro atoms. The van der Waals surface area contributed by atoms with Crippen LogP contribution in [0.25, 0.3) is 0 Å². The topological polar surface area (TPSA) is 47.9 Å². The molecule has 4 nitrogen and oxygen atoms in total. The summed E-state index contributed by atoms with van der Waals surface area (Å²) in [6.45, 7) is 6.43. The number of aliphatic imine (C=N–C) groups is 1. The van der Waals surface area contributed by atoms with E-state index in [-0.39, 0.29) is 5.78 Å². The Kier molecular flexibility index (Phi) is 4.97. The first kappa shape index (κ1) is 12.9. The number of hydrogen-bond donors (Lipinski definition) is 0. The highest BCUT2D eigenvalue weighted by Gasteiger charge is 2.36. The molecule has 15 heavy (non-hydrogen) atoms. The third kappa shape index (κ3) is 3.40. The first-order valence-corrected chi connectivity index (χ1v) is 7.15. The van der Waals surface area contributed by atoms with Gasteiger partial charge in [-0.2, -0.15) is 0 Å². The molecule has 1 rings (SSSR count). The second-order valence-electron chi connectivity index (χ2n) is 3.61. The minimum absolute atomic E-state index is 0.286. The van der Waals surface area contributed by atoms with E-state index in [4.69, 9.17) is 9.05 Å². The summed E-state index contributed by atoms with van der Waals surface area (Å²) in [5, 5.41) is 0. The van der Waals surface area contributed by atoms with E-state index in [2.05, 4.69) is 4.99 Å². The molecule has 88 valence electrons. The summed E-state index contributed by atoms with van der Waals surface area (Å²) in [6.07, 6.45) is 2.81. The average molecular weight is 233 g/mol. The lowest BCUT2D eigenvalue weighted by Crippen LogP contribution is -2.17. The van der Waals surface area contributed by atoms with Crippen LogP contribution in [0.2, 0.25) is 0 Å². The molecule has 0 fully saturated rings. The van der Waals surface area contributed by atoms with Gasteiger partial charge in [-0.1, -0.05) is 0 Å². The van der Waals surface area contributed by atoms with Gasteiger partial charge in [0.1, 0.15) is 0 Å². The predicted octanol–water partition coefficient (Wildman–Crippen LogP) is 3.22. The zero-order valence-corrected chi connectivity index (χ0v) is 10.6. The van der Waals surface area contributed by atoms with E-state index in [0.717, 1.165) is 25.0 Å². The first-order chi connectivity index (χ1) is 7.12. The third-order valence-electron chi connectivity index (χ3n) is 2.35. The molecule has 0 N–H and O–H groups in total. The van der Waals surface area contributed by atoms with Gasteiger partial charge in [0.15, 0.2) is 5.78 Å². The van der Waals surface area contributed by atoms with Gasteiger partial charge in [-0.25, -0.2) is 0 Å². The van der Waals surface area contributed by atoms with Crippen LogP contribution in [0, 0.1) is 0 Å². The van der Waals surface area contributed by atoms with Crippen LogP contribution in [0.15, 0.2) is 4.99 Å². The third-order valence-corrected chi connectivity index (χ3v) is 4.69. The van der Waals surface area contributed by atoms with Crippen LogP contribution >= 0.6 is 7.60 Å². The molecule has 1 aliphatic rings. The SMILES string of the molecule is CCOP(=O)(OCC)[C@@H]1CCCC(C)=N1. The highest BCUT2D eigenvalue weighted by atomic mass is 31.2. The van der Waals surface area contributed by atoms with E-state index >= 15 is 0 Å². The van der Waals surface area contributed by atoms with Crippen molar-refractivity contribution >= 4 is 13.3 Å². The summed E-state index contributed by atoms with van der Waals surface area (Å²) < 4.78 is 22.9. The van der Waals surface area contributed by atoms with Crippen LogP contribution in [0.1, 0.15) is 40.0 Å². The Labute approximate surface area is 91.6 Å². The average Bonchev–Trinajstić information content (AvgIpc) is 2.18. The molecule has 1 atom stereocenters. The van der Waals surface area contributed by atoms with Crippen LogP contribution in [0.3, 0.4) is 0 Å². The summed E-state index contributed by atoms with van der Waals surface area (Å²) in [5.74, 6) is -0.286. The van der Waals surface area contributed by atoms with Crippen molar-refractivity contribution in [3.05, 3.63) is 0 Å². The molecule has 5 heteroatoms. The molecule has 0 bridgehead atoms. The van der Waals surface area contributed by atoms with Gasteiger partial charge < -0.3 is 9.05 Å². The maximum Gasteiger partial charge on any atom is 0.354 e. The molecule has 1 aliphatic heterocycles. The molecule has 0 aliphatic carbocycles. The zero-order valence-electron chi connectivity index (χ0n) is 9.73. The van der Waals surface area contributed by atoms with E-state index in [0.29, 0.717) is 13.2 Å². The monoisotopic (exact) mass is 233 g/mol. The summed E-state index contributed by atoms with van der Waals surface area (Å²) in [4.78, 5) is 4.40. The summed E-state index contributed by atoms with van der Waals surface area (Å²) in [7, 11) is -3.02. The van der Waals surface area contributed by atoms with Crippen LogP contribution < -0.4 is 0 Å². The molecule has 0 aromatic heterocycles. The molecule has 0 saturated carbocycles. The van der Waals surface area contributed by atoms with Gasteiger partial charge in [-0.15, -0.1) is 0 Å². The fourth-order valence-corrected chi connectivity index (χ4v) is 3.70. The highest BCUT2D eigenvalue weighted by Crippen LogP contribution is 2.55. The Bertz CT molecular complexity index is 268. The Balaban J connectivity index is 2.79. The summed E-state index contributed by atoms with van der Waals surface area (Å²) in [5.41, 5.74) is 1.05. The van der Waals surface area contributed by atoms with E-state index in [1.54, 1.807) is 0 Å². The van der Waals surface area contributed by atoms with E-state index in [1.165, 1.54) is 0 Å². The molecule has 0 saturated heterocycles. The van der Waals surface area contributed by atoms with Crippen molar-refractivity contribution in [3.8, 4) is 0 Å². The smallest absolute Gasteiger partial charge is 0.307 e.